The van der Waals surface area contributed by atoms with Crippen LogP contribution in [-0.2, 0) is 53.5 Å². The summed E-state index contributed by atoms with van der Waals surface area (Å²) < 4.78 is 96.7. The van der Waals surface area contributed by atoms with Crippen LogP contribution in [0.3, 0.4) is 0 Å². The van der Waals surface area contributed by atoms with Crippen LogP contribution < -0.4 is 0 Å². The quantitative estimate of drug-likeness (QED) is 0.0394. The van der Waals surface area contributed by atoms with E-state index in [0.29, 0.717) is 13.2 Å². The van der Waals surface area contributed by atoms with E-state index < -0.39 is 44.3 Å². The van der Waals surface area contributed by atoms with Gasteiger partial charge in [0.05, 0.1) is 37.9 Å². The third kappa shape index (κ3) is 37.4. The third-order valence-corrected chi connectivity index (χ3v) is 9.88. The second-order valence-corrected chi connectivity index (χ2v) is 16.4. The smallest absolute Gasteiger partial charge is 0.264 e. The van der Waals surface area contributed by atoms with Crippen LogP contribution in [0.1, 0.15) is 136 Å². The molecule has 2 atom stereocenters. The van der Waals surface area contributed by atoms with E-state index in [-0.39, 0.29) is 71.5 Å². The van der Waals surface area contributed by atoms with Crippen molar-refractivity contribution in [3.8, 4) is 0 Å². The molecule has 0 radical (unpaired) electrons. The average molecular weight is 792 g/mol. The van der Waals surface area contributed by atoms with E-state index in [1.807, 2.05) is 0 Å². The fraction of sp³-hybridized carbons (Fsp3) is 0.972. The van der Waals surface area contributed by atoms with Crippen molar-refractivity contribution in [3.63, 3.8) is 0 Å². The van der Waals surface area contributed by atoms with Gasteiger partial charge in [0.25, 0.3) is 20.2 Å². The normalized spacial score (nSPS) is 13.4. The first-order valence-corrected chi connectivity index (χ1v) is 22.9. The molecule has 0 saturated carbocycles. The van der Waals surface area contributed by atoms with Crippen molar-refractivity contribution >= 4 is 26.1 Å². The van der Waals surface area contributed by atoms with E-state index in [1.165, 1.54) is 71.1 Å². The van der Waals surface area contributed by atoms with E-state index >= 15 is 0 Å². The molecular weight excluding hydrogens is 719 g/mol. The molecule has 14 nitrogen and oxygen atoms in total. The second kappa shape index (κ2) is 34.5. The second-order valence-electron chi connectivity index (χ2n) is 13.2. The van der Waals surface area contributed by atoms with E-state index in [9.17, 15) is 21.6 Å². The Labute approximate surface area is 315 Å². The van der Waals surface area contributed by atoms with Gasteiger partial charge in [-0.15, -0.1) is 0 Å². The average Bonchev–Trinajstić information content (AvgIpc) is 3.07. The number of ether oxygens (including phenoxy) is 6. The van der Waals surface area contributed by atoms with Crippen LogP contribution in [0.5, 0.6) is 0 Å². The number of unbranched alkanes of at least 4 members (excludes halogenated alkanes) is 14. The summed E-state index contributed by atoms with van der Waals surface area (Å²) in [7, 11) is -8.12. The molecule has 52 heavy (non-hydrogen) atoms. The van der Waals surface area contributed by atoms with Crippen molar-refractivity contribution in [3.05, 3.63) is 0 Å². The molecule has 0 aromatic rings. The molecule has 0 aliphatic carbocycles. The molecule has 0 heterocycles. The highest BCUT2D eigenvalue weighted by atomic mass is 32.2. The summed E-state index contributed by atoms with van der Waals surface area (Å²) in [6.07, 6.45) is 17.4. The summed E-state index contributed by atoms with van der Waals surface area (Å²) in [4.78, 5) is 14.0. The molecule has 0 spiro atoms. The largest absolute Gasteiger partial charge is 0.376 e. The van der Waals surface area contributed by atoms with Crippen molar-refractivity contribution in [1.29, 1.82) is 0 Å². The highest BCUT2D eigenvalue weighted by Crippen LogP contribution is 2.11. The van der Waals surface area contributed by atoms with Gasteiger partial charge in [-0.05, 0) is 25.7 Å². The summed E-state index contributed by atoms with van der Waals surface area (Å²) in [5.74, 6) is -0.945. The van der Waals surface area contributed by atoms with Gasteiger partial charge >= 0.3 is 0 Å². The van der Waals surface area contributed by atoms with Gasteiger partial charge in [-0.25, -0.2) is 0 Å². The van der Waals surface area contributed by atoms with Crippen LogP contribution in [-0.4, -0.2) is 127 Å². The lowest BCUT2D eigenvalue weighted by atomic mass is 10.1. The Hall–Kier alpha value is -0.950. The molecule has 0 saturated heterocycles. The summed E-state index contributed by atoms with van der Waals surface area (Å²) in [6.45, 7) is 8.10. The minimum Gasteiger partial charge on any atom is -0.376 e. The first kappa shape index (κ1) is 51.0. The molecule has 0 aliphatic heterocycles. The van der Waals surface area contributed by atoms with Gasteiger partial charge in [0.15, 0.2) is 12.6 Å². The highest BCUT2D eigenvalue weighted by Gasteiger charge is 2.16. The number of amides is 1. The molecule has 0 aromatic heterocycles. The molecule has 312 valence electrons. The molecule has 0 aromatic carbocycles. The molecule has 1 amide bonds. The maximum Gasteiger partial charge on any atom is 0.264 e. The summed E-state index contributed by atoms with van der Waals surface area (Å²) in [6, 6.07) is 0. The number of hydrogen-bond acceptors (Lipinski definition) is 11. The maximum absolute atomic E-state index is 12.4. The molecule has 16 heteroatoms. The Morgan fingerprint density at radius 3 is 1.15 bits per heavy atom. The lowest BCUT2D eigenvalue weighted by Gasteiger charge is -2.25. The van der Waals surface area contributed by atoms with Gasteiger partial charge in [-0.1, -0.05) is 104 Å². The van der Waals surface area contributed by atoms with Gasteiger partial charge in [0.1, 0.15) is 0 Å². The van der Waals surface area contributed by atoms with Gasteiger partial charge in [0.2, 0.25) is 5.91 Å². The third-order valence-electron chi connectivity index (χ3n) is 8.27. The predicted molar refractivity (Wildman–Crippen MR) is 203 cm³/mol. The van der Waals surface area contributed by atoms with Crippen molar-refractivity contribution in [2.45, 2.75) is 149 Å². The van der Waals surface area contributed by atoms with Gasteiger partial charge < -0.3 is 33.3 Å². The summed E-state index contributed by atoms with van der Waals surface area (Å²) in [5, 5.41) is 0. The Morgan fingerprint density at radius 2 is 0.827 bits per heavy atom. The number of carbonyl (C=O) groups excluding carboxylic acids is 1. The summed E-state index contributed by atoms with van der Waals surface area (Å²) >= 11 is 0. The van der Waals surface area contributed by atoms with E-state index in [4.69, 9.17) is 37.5 Å². The Kier molecular flexibility index (Phi) is 33.9. The van der Waals surface area contributed by atoms with E-state index in [1.54, 1.807) is 4.90 Å². The topological polar surface area (TPSA) is 184 Å². The summed E-state index contributed by atoms with van der Waals surface area (Å²) in [5.41, 5.74) is 0. The number of hydrogen-bond donors (Lipinski definition) is 2. The lowest BCUT2D eigenvalue weighted by Crippen LogP contribution is -2.38. The first-order chi connectivity index (χ1) is 24.9. The van der Waals surface area contributed by atoms with Crippen molar-refractivity contribution in [1.82, 2.24) is 4.90 Å². The molecule has 0 aliphatic rings. The fourth-order valence-corrected chi connectivity index (χ4v) is 6.22. The van der Waals surface area contributed by atoms with Crippen LogP contribution in [0, 0.1) is 0 Å². The molecule has 2 unspecified atom stereocenters. The van der Waals surface area contributed by atoms with Crippen molar-refractivity contribution in [2.75, 3.05) is 77.5 Å². The van der Waals surface area contributed by atoms with Crippen LogP contribution in [0.25, 0.3) is 0 Å². The zero-order chi connectivity index (χ0) is 38.8. The SMILES string of the molecule is CCCCCCCCCCOC(COCCCS(=O)(=O)O)OCCN(CCOC(COCCCS(=O)(=O)O)OCCCCCCCCCC)C(C)=O. The monoisotopic (exact) mass is 791 g/mol. The maximum atomic E-state index is 12.4. The molecule has 0 bridgehead atoms. The minimum absolute atomic E-state index is 0.0772. The van der Waals surface area contributed by atoms with Gasteiger partial charge in [-0.2, -0.15) is 16.8 Å². The molecular formula is C36H73NO13S2. The molecule has 0 rings (SSSR count). The van der Waals surface area contributed by atoms with Crippen LogP contribution in [0.15, 0.2) is 0 Å². The van der Waals surface area contributed by atoms with Gasteiger partial charge in [0, 0.05) is 46.4 Å². The van der Waals surface area contributed by atoms with Crippen molar-refractivity contribution in [2.24, 2.45) is 0 Å². The fourth-order valence-electron chi connectivity index (χ4n) is 5.25. The highest BCUT2D eigenvalue weighted by molar-refractivity contribution is 7.86. The van der Waals surface area contributed by atoms with Crippen LogP contribution in [0.2, 0.25) is 0 Å². The number of carbonyl (C=O) groups is 1. The molecule has 0 fully saturated rings. The van der Waals surface area contributed by atoms with E-state index in [0.717, 1.165) is 38.5 Å². The number of nitrogens with zero attached hydrogens (tertiary/aromatic N) is 1. The first-order valence-electron chi connectivity index (χ1n) is 19.7. The predicted octanol–water partition coefficient (Wildman–Crippen LogP) is 6.42. The zero-order valence-electron chi connectivity index (χ0n) is 32.5. The van der Waals surface area contributed by atoms with Gasteiger partial charge in [-0.3, -0.25) is 13.9 Å². The standard InChI is InChI=1S/C36H73NO13S2/c1-4-6-8-10-12-14-16-18-26-47-35(32-45-24-20-30-51(39,40)41)49-28-22-37(34(3)38)23-29-50-36(33-46-25-21-31-52(42,43)44)48-27-19-17-15-13-11-9-7-5-2/h35-36H,4-33H2,1-3H3,(H,39,40,41)(H,42,43,44). The molecule has 2 N–H and O–H groups in total. The van der Waals surface area contributed by atoms with Crippen LogP contribution in [0.4, 0.5) is 0 Å². The zero-order valence-corrected chi connectivity index (χ0v) is 34.1. The lowest BCUT2D eigenvalue weighted by molar-refractivity contribution is -0.181. The Balaban J connectivity index is 4.81. The minimum atomic E-state index is -4.06. The Bertz CT molecular complexity index is 957. The van der Waals surface area contributed by atoms with Crippen LogP contribution >= 0.6 is 0 Å². The van der Waals surface area contributed by atoms with Crippen molar-refractivity contribution < 1.29 is 59.2 Å². The Morgan fingerprint density at radius 1 is 0.500 bits per heavy atom. The number of rotatable bonds is 40. The van der Waals surface area contributed by atoms with E-state index in [2.05, 4.69) is 13.8 Å².